The molecule has 0 fully saturated rings. The van der Waals surface area contributed by atoms with Crippen molar-refractivity contribution in [1.29, 1.82) is 0 Å². The highest BCUT2D eigenvalue weighted by atomic mass is 35.5. The van der Waals surface area contributed by atoms with Crippen LogP contribution in [0.3, 0.4) is 0 Å². The zero-order chi connectivity index (χ0) is 16.5. The van der Waals surface area contributed by atoms with Crippen molar-refractivity contribution in [2.24, 2.45) is 5.14 Å². The van der Waals surface area contributed by atoms with Crippen LogP contribution in [-0.4, -0.2) is 16.8 Å². The number of halogens is 2. The second kappa shape index (κ2) is 5.84. The van der Waals surface area contributed by atoms with Crippen molar-refractivity contribution in [3.05, 3.63) is 53.3 Å². The van der Waals surface area contributed by atoms with Crippen LogP contribution in [0.4, 0.5) is 10.1 Å². The molecule has 2 aromatic rings. The molecule has 3 N–H and O–H groups in total. The van der Waals surface area contributed by atoms with Gasteiger partial charge >= 0.3 is 0 Å². The van der Waals surface area contributed by atoms with Gasteiger partial charge in [0, 0.05) is 0 Å². The van der Waals surface area contributed by atoms with Crippen molar-refractivity contribution in [2.75, 3.05) is 4.72 Å². The molecule has 0 aliphatic carbocycles. The highest BCUT2D eigenvalue weighted by Crippen LogP contribution is 2.23. The van der Waals surface area contributed by atoms with Crippen molar-refractivity contribution in [3.8, 4) is 0 Å². The minimum absolute atomic E-state index is 0.0346. The number of benzene rings is 2. The first kappa shape index (κ1) is 16.7. The third-order valence-corrected chi connectivity index (χ3v) is 5.20. The first-order chi connectivity index (χ1) is 10.1. The summed E-state index contributed by atoms with van der Waals surface area (Å²) < 4.78 is 62.1. The van der Waals surface area contributed by atoms with Crippen LogP contribution in [0, 0.1) is 5.82 Å². The standard InChI is InChI=1S/C12H10ClFN2O4S2/c13-11-6-8(4-5-12(11)14)16-22(19,20)10-3-1-2-9(7-10)21(15,17)18/h1-7,16H,(H2,15,17,18). The van der Waals surface area contributed by atoms with Crippen molar-refractivity contribution in [3.63, 3.8) is 0 Å². The molecule has 2 aromatic carbocycles. The second-order valence-electron chi connectivity index (χ2n) is 4.25. The molecule has 0 aliphatic heterocycles. The summed E-state index contributed by atoms with van der Waals surface area (Å²) in [7, 11) is -8.11. The Morgan fingerprint density at radius 1 is 1.00 bits per heavy atom. The summed E-state index contributed by atoms with van der Waals surface area (Å²) in [4.78, 5) is -0.646. The molecular formula is C12H10ClFN2O4S2. The first-order valence-electron chi connectivity index (χ1n) is 5.70. The van der Waals surface area contributed by atoms with Gasteiger partial charge in [-0.15, -0.1) is 0 Å². The average Bonchev–Trinajstić information content (AvgIpc) is 2.42. The molecule has 0 aromatic heterocycles. The van der Waals surface area contributed by atoms with E-state index in [9.17, 15) is 21.2 Å². The molecule has 118 valence electrons. The van der Waals surface area contributed by atoms with Gasteiger partial charge in [-0.1, -0.05) is 17.7 Å². The molecule has 10 heteroatoms. The van der Waals surface area contributed by atoms with Crippen LogP contribution >= 0.6 is 11.6 Å². The molecule has 6 nitrogen and oxygen atoms in total. The molecular weight excluding hydrogens is 355 g/mol. The molecule has 0 saturated carbocycles. The number of nitrogens with one attached hydrogen (secondary N) is 1. The zero-order valence-corrected chi connectivity index (χ0v) is 13.2. The summed E-state index contributed by atoms with van der Waals surface area (Å²) in [5, 5.41) is 4.70. The minimum atomic E-state index is -4.08. The number of rotatable bonds is 4. The molecule has 0 unspecified atom stereocenters. The molecule has 0 amide bonds. The van der Waals surface area contributed by atoms with E-state index in [4.69, 9.17) is 16.7 Å². The highest BCUT2D eigenvalue weighted by Gasteiger charge is 2.18. The van der Waals surface area contributed by atoms with E-state index in [1.54, 1.807) is 0 Å². The average molecular weight is 365 g/mol. The summed E-state index contributed by atoms with van der Waals surface area (Å²) >= 11 is 5.57. The third-order valence-electron chi connectivity index (χ3n) is 2.62. The lowest BCUT2D eigenvalue weighted by Gasteiger charge is -2.09. The Kier molecular flexibility index (Phi) is 4.43. The number of hydrogen-bond acceptors (Lipinski definition) is 4. The van der Waals surface area contributed by atoms with E-state index >= 15 is 0 Å². The van der Waals surface area contributed by atoms with E-state index in [0.29, 0.717) is 0 Å². The fraction of sp³-hybridized carbons (Fsp3) is 0. The largest absolute Gasteiger partial charge is 0.280 e. The lowest BCUT2D eigenvalue weighted by Crippen LogP contribution is -2.16. The fourth-order valence-corrected chi connectivity index (χ4v) is 3.50. The van der Waals surface area contributed by atoms with Crippen molar-refractivity contribution in [2.45, 2.75) is 9.79 Å². The highest BCUT2D eigenvalue weighted by molar-refractivity contribution is 7.93. The van der Waals surface area contributed by atoms with Gasteiger partial charge in [-0.3, -0.25) is 4.72 Å². The minimum Gasteiger partial charge on any atom is -0.280 e. The quantitative estimate of drug-likeness (QED) is 0.864. The number of nitrogens with two attached hydrogens (primary N) is 1. The number of sulfonamides is 2. The molecule has 0 radical (unpaired) electrons. The fourth-order valence-electron chi connectivity index (χ4n) is 1.59. The summed E-state index contributed by atoms with van der Waals surface area (Å²) in [6.07, 6.45) is 0. The Balaban J connectivity index is 2.40. The number of anilines is 1. The van der Waals surface area contributed by atoms with Crippen LogP contribution in [0.2, 0.25) is 5.02 Å². The zero-order valence-electron chi connectivity index (χ0n) is 10.8. The van der Waals surface area contributed by atoms with E-state index in [2.05, 4.69) is 4.72 Å². The molecule has 0 aliphatic rings. The molecule has 22 heavy (non-hydrogen) atoms. The smallest absolute Gasteiger partial charge is 0.261 e. The summed E-state index contributed by atoms with van der Waals surface area (Å²) in [6.45, 7) is 0. The Hall–Kier alpha value is -1.68. The topological polar surface area (TPSA) is 106 Å². The van der Waals surface area contributed by atoms with E-state index in [1.807, 2.05) is 0 Å². The molecule has 2 rings (SSSR count). The summed E-state index contributed by atoms with van der Waals surface area (Å²) in [5.41, 5.74) is 0.0346. The van der Waals surface area contributed by atoms with Gasteiger partial charge in [-0.05, 0) is 36.4 Å². The van der Waals surface area contributed by atoms with Crippen LogP contribution in [0.25, 0.3) is 0 Å². The lowest BCUT2D eigenvalue weighted by molar-refractivity contribution is 0.597. The van der Waals surface area contributed by atoms with Crippen LogP contribution in [0.5, 0.6) is 0 Å². The maximum atomic E-state index is 13.0. The normalized spacial score (nSPS) is 12.1. The van der Waals surface area contributed by atoms with Crippen LogP contribution in [0.15, 0.2) is 52.3 Å². The van der Waals surface area contributed by atoms with Gasteiger partial charge < -0.3 is 0 Å². The summed E-state index contributed by atoms with van der Waals surface area (Å²) in [5.74, 6) is -0.694. The van der Waals surface area contributed by atoms with Crippen LogP contribution in [0.1, 0.15) is 0 Å². The summed E-state index contributed by atoms with van der Waals surface area (Å²) in [6, 6.07) is 7.81. The number of hydrogen-bond donors (Lipinski definition) is 2. The lowest BCUT2D eigenvalue weighted by atomic mass is 10.3. The SMILES string of the molecule is NS(=O)(=O)c1cccc(S(=O)(=O)Nc2ccc(F)c(Cl)c2)c1. The van der Waals surface area contributed by atoms with Gasteiger partial charge in [0.2, 0.25) is 10.0 Å². The molecule has 0 spiro atoms. The Morgan fingerprint density at radius 3 is 2.23 bits per heavy atom. The Labute approximate surface area is 131 Å². The predicted octanol–water partition coefficient (Wildman–Crippen LogP) is 1.93. The van der Waals surface area contributed by atoms with Gasteiger partial charge in [-0.25, -0.2) is 26.4 Å². The molecule has 0 atom stereocenters. The molecule has 0 saturated heterocycles. The van der Waals surface area contributed by atoms with E-state index in [1.165, 1.54) is 24.3 Å². The number of primary sulfonamides is 1. The maximum absolute atomic E-state index is 13.0. The van der Waals surface area contributed by atoms with Crippen LogP contribution in [-0.2, 0) is 20.0 Å². The van der Waals surface area contributed by atoms with Gasteiger partial charge in [0.15, 0.2) is 0 Å². The molecule has 0 bridgehead atoms. The van der Waals surface area contributed by atoms with Gasteiger partial charge in [0.05, 0.1) is 20.5 Å². The third kappa shape index (κ3) is 3.74. The second-order valence-corrected chi connectivity index (χ2v) is 7.91. The predicted molar refractivity (Wildman–Crippen MR) is 80.0 cm³/mol. The molecule has 0 heterocycles. The van der Waals surface area contributed by atoms with Gasteiger partial charge in [-0.2, -0.15) is 0 Å². The van der Waals surface area contributed by atoms with Crippen LogP contribution < -0.4 is 9.86 Å². The van der Waals surface area contributed by atoms with Crippen molar-refractivity contribution < 1.29 is 21.2 Å². The van der Waals surface area contributed by atoms with E-state index in [0.717, 1.165) is 18.2 Å². The van der Waals surface area contributed by atoms with Gasteiger partial charge in [0.1, 0.15) is 5.82 Å². The first-order valence-corrected chi connectivity index (χ1v) is 9.11. The van der Waals surface area contributed by atoms with Crippen molar-refractivity contribution >= 4 is 37.3 Å². The Morgan fingerprint density at radius 2 is 1.64 bits per heavy atom. The monoisotopic (exact) mass is 364 g/mol. The van der Waals surface area contributed by atoms with Crippen molar-refractivity contribution in [1.82, 2.24) is 0 Å². The van der Waals surface area contributed by atoms with Gasteiger partial charge in [0.25, 0.3) is 10.0 Å². The van der Waals surface area contributed by atoms with E-state index < -0.39 is 25.9 Å². The van der Waals surface area contributed by atoms with E-state index in [-0.39, 0.29) is 20.5 Å². The maximum Gasteiger partial charge on any atom is 0.261 e. The Bertz CT molecular complexity index is 930.